The summed E-state index contributed by atoms with van der Waals surface area (Å²) in [5.41, 5.74) is 0. The highest BCUT2D eigenvalue weighted by atomic mass is 35.5. The first-order valence-electron chi connectivity index (χ1n) is 5.50. The van der Waals surface area contributed by atoms with Crippen LogP contribution in [0.15, 0.2) is 0 Å². The van der Waals surface area contributed by atoms with E-state index in [1.54, 1.807) is 0 Å². The molecular formula is C10H11Cl2FN4. The molecule has 1 atom stereocenters. The molecule has 1 aromatic rings. The molecule has 0 amide bonds. The topological polar surface area (TPSA) is 32.3 Å². The number of hydrogen-bond donors (Lipinski definition) is 0. The Morgan fingerprint density at radius 2 is 1.65 bits per heavy atom. The van der Waals surface area contributed by atoms with Gasteiger partial charge in [0.05, 0.1) is 6.04 Å². The summed E-state index contributed by atoms with van der Waals surface area (Å²) in [4.78, 5) is 12.6. The fourth-order valence-electron chi connectivity index (χ4n) is 2.42. The number of halogens is 3. The Morgan fingerprint density at radius 3 is 2.12 bits per heavy atom. The van der Waals surface area contributed by atoms with Crippen molar-refractivity contribution < 1.29 is 4.39 Å². The van der Waals surface area contributed by atoms with Gasteiger partial charge in [0, 0.05) is 32.7 Å². The van der Waals surface area contributed by atoms with Crippen LogP contribution in [0, 0.1) is 5.82 Å². The van der Waals surface area contributed by atoms with E-state index in [9.17, 15) is 4.39 Å². The number of aromatic nitrogens is 2. The maximum absolute atomic E-state index is 13.3. The zero-order valence-electron chi connectivity index (χ0n) is 9.04. The van der Waals surface area contributed by atoms with Crippen LogP contribution in [0.2, 0.25) is 10.3 Å². The van der Waals surface area contributed by atoms with Gasteiger partial charge in [-0.2, -0.15) is 0 Å². The molecule has 1 unspecified atom stereocenters. The third kappa shape index (κ3) is 2.01. The molecule has 3 saturated heterocycles. The second kappa shape index (κ2) is 4.31. The highest BCUT2D eigenvalue weighted by Crippen LogP contribution is 2.29. The molecular weight excluding hydrogens is 266 g/mol. The Hall–Kier alpha value is -0.490. The quantitative estimate of drug-likeness (QED) is 0.730. The van der Waals surface area contributed by atoms with E-state index >= 15 is 0 Å². The molecule has 3 fully saturated rings. The third-order valence-electron chi connectivity index (χ3n) is 3.36. The van der Waals surface area contributed by atoms with Crippen LogP contribution in [-0.2, 0) is 0 Å². The zero-order chi connectivity index (χ0) is 12.0. The molecule has 2 bridgehead atoms. The molecule has 0 N–H and O–H groups in total. The Labute approximate surface area is 108 Å². The van der Waals surface area contributed by atoms with Gasteiger partial charge < -0.3 is 0 Å². The van der Waals surface area contributed by atoms with E-state index in [4.69, 9.17) is 23.2 Å². The molecule has 7 heteroatoms. The van der Waals surface area contributed by atoms with E-state index < -0.39 is 5.82 Å². The summed E-state index contributed by atoms with van der Waals surface area (Å²) in [5.74, 6) is -0.223. The normalized spacial score (nSPS) is 31.8. The van der Waals surface area contributed by atoms with Gasteiger partial charge in [0.25, 0.3) is 0 Å². The molecule has 3 aliphatic heterocycles. The van der Waals surface area contributed by atoms with Gasteiger partial charge in [-0.3, -0.25) is 9.80 Å². The van der Waals surface area contributed by atoms with Gasteiger partial charge in [-0.25, -0.2) is 14.4 Å². The van der Waals surface area contributed by atoms with Crippen molar-refractivity contribution in [2.75, 3.05) is 32.7 Å². The lowest BCUT2D eigenvalue weighted by molar-refractivity contribution is 0.00858. The Balaban J connectivity index is 1.94. The number of hydrogen-bond acceptors (Lipinski definition) is 4. The summed E-state index contributed by atoms with van der Waals surface area (Å²) in [7, 11) is 0. The predicted molar refractivity (Wildman–Crippen MR) is 62.8 cm³/mol. The van der Waals surface area contributed by atoms with Gasteiger partial charge in [-0.1, -0.05) is 23.2 Å². The van der Waals surface area contributed by atoms with E-state index in [0.29, 0.717) is 5.82 Å². The predicted octanol–water partition coefficient (Wildman–Crippen LogP) is 1.59. The summed E-state index contributed by atoms with van der Waals surface area (Å²) >= 11 is 11.4. The summed E-state index contributed by atoms with van der Waals surface area (Å²) < 4.78 is 13.3. The molecule has 0 radical (unpaired) electrons. The molecule has 0 saturated carbocycles. The van der Waals surface area contributed by atoms with Crippen molar-refractivity contribution >= 4 is 23.2 Å². The highest BCUT2D eigenvalue weighted by molar-refractivity contribution is 6.33. The lowest BCUT2D eigenvalue weighted by Gasteiger charge is -2.46. The van der Waals surface area contributed by atoms with Crippen molar-refractivity contribution in [3.8, 4) is 0 Å². The molecule has 92 valence electrons. The van der Waals surface area contributed by atoms with E-state index in [1.165, 1.54) is 0 Å². The molecule has 4 rings (SSSR count). The zero-order valence-corrected chi connectivity index (χ0v) is 10.5. The highest BCUT2D eigenvalue weighted by Gasteiger charge is 2.35. The van der Waals surface area contributed by atoms with E-state index in [-0.39, 0.29) is 16.3 Å². The van der Waals surface area contributed by atoms with Crippen LogP contribution in [0.1, 0.15) is 11.9 Å². The van der Waals surface area contributed by atoms with E-state index in [0.717, 1.165) is 32.7 Å². The van der Waals surface area contributed by atoms with Crippen molar-refractivity contribution in [2.24, 2.45) is 0 Å². The average molecular weight is 277 g/mol. The van der Waals surface area contributed by atoms with Crippen LogP contribution in [0.4, 0.5) is 4.39 Å². The van der Waals surface area contributed by atoms with E-state index in [1.807, 2.05) is 0 Å². The lowest BCUT2D eigenvalue weighted by atomic mass is 10.1. The summed E-state index contributed by atoms with van der Waals surface area (Å²) in [5, 5.41) is -0.393. The number of piperazine rings is 3. The van der Waals surface area contributed by atoms with E-state index in [2.05, 4.69) is 19.8 Å². The average Bonchev–Trinajstić information content (AvgIpc) is 2.36. The van der Waals surface area contributed by atoms with Crippen LogP contribution < -0.4 is 0 Å². The molecule has 17 heavy (non-hydrogen) atoms. The second-order valence-electron chi connectivity index (χ2n) is 4.33. The maximum atomic E-state index is 13.3. The van der Waals surface area contributed by atoms with Crippen LogP contribution in [0.25, 0.3) is 0 Å². The minimum Gasteiger partial charge on any atom is -0.299 e. The Kier molecular flexibility index (Phi) is 2.94. The van der Waals surface area contributed by atoms with Crippen LogP contribution in [0.5, 0.6) is 0 Å². The minimum absolute atomic E-state index is 0.0769. The fourth-order valence-corrected chi connectivity index (χ4v) is 2.82. The number of rotatable bonds is 1. The fraction of sp³-hybridized carbons (Fsp3) is 0.600. The maximum Gasteiger partial charge on any atom is 0.197 e. The van der Waals surface area contributed by atoms with Gasteiger partial charge >= 0.3 is 0 Å². The first-order chi connectivity index (χ1) is 8.15. The Bertz CT molecular complexity index is 425. The van der Waals surface area contributed by atoms with Crippen LogP contribution >= 0.6 is 23.2 Å². The first-order valence-corrected chi connectivity index (χ1v) is 6.25. The molecule has 0 aromatic carbocycles. The SMILES string of the molecule is Fc1c(Cl)nc(C2CN3CCN2CC3)nc1Cl. The van der Waals surface area contributed by atoms with Crippen molar-refractivity contribution in [2.45, 2.75) is 6.04 Å². The van der Waals surface area contributed by atoms with Crippen molar-refractivity contribution in [1.82, 2.24) is 19.8 Å². The van der Waals surface area contributed by atoms with Crippen molar-refractivity contribution in [1.29, 1.82) is 0 Å². The number of fused-ring (bicyclic) bond motifs is 3. The first kappa shape index (κ1) is 11.6. The van der Waals surface area contributed by atoms with Gasteiger partial charge in [0.1, 0.15) is 5.82 Å². The Morgan fingerprint density at radius 1 is 1.06 bits per heavy atom. The van der Waals surface area contributed by atoms with Gasteiger partial charge in [0.15, 0.2) is 16.1 Å². The van der Waals surface area contributed by atoms with Gasteiger partial charge in [0.2, 0.25) is 0 Å². The molecule has 1 aromatic heterocycles. The summed E-state index contributed by atoms with van der Waals surface area (Å²) in [6.45, 7) is 4.97. The monoisotopic (exact) mass is 276 g/mol. The lowest BCUT2D eigenvalue weighted by Crippen LogP contribution is -2.57. The van der Waals surface area contributed by atoms with Crippen molar-refractivity contribution in [3.05, 3.63) is 21.9 Å². The second-order valence-corrected chi connectivity index (χ2v) is 5.05. The molecule has 0 spiro atoms. The number of nitrogens with zero attached hydrogens (tertiary/aromatic N) is 4. The van der Waals surface area contributed by atoms with Crippen LogP contribution in [-0.4, -0.2) is 52.5 Å². The smallest absolute Gasteiger partial charge is 0.197 e. The molecule has 3 aliphatic rings. The standard InChI is InChI=1S/C10H11Cl2FN4/c11-8-7(13)9(12)15-10(14-8)6-5-16-1-3-17(6)4-2-16/h6H,1-5H2. The molecule has 4 heterocycles. The van der Waals surface area contributed by atoms with Gasteiger partial charge in [-0.05, 0) is 0 Å². The third-order valence-corrected chi connectivity index (χ3v) is 3.87. The van der Waals surface area contributed by atoms with Gasteiger partial charge in [-0.15, -0.1) is 0 Å². The minimum atomic E-state index is -0.742. The van der Waals surface area contributed by atoms with Crippen molar-refractivity contribution in [3.63, 3.8) is 0 Å². The molecule has 0 aliphatic carbocycles. The van der Waals surface area contributed by atoms with Crippen LogP contribution in [0.3, 0.4) is 0 Å². The summed E-state index contributed by atoms with van der Waals surface area (Å²) in [6, 6.07) is 0.0769. The summed E-state index contributed by atoms with van der Waals surface area (Å²) in [6.07, 6.45) is 0. The largest absolute Gasteiger partial charge is 0.299 e. The molecule has 4 nitrogen and oxygen atoms in total.